The molecule has 0 saturated heterocycles. The molecule has 0 aliphatic heterocycles. The fourth-order valence-corrected chi connectivity index (χ4v) is 1.83. The summed E-state index contributed by atoms with van der Waals surface area (Å²) in [6.07, 6.45) is 5.54. The maximum Gasteiger partial charge on any atom is 2.00 e. The van der Waals surface area contributed by atoms with Gasteiger partial charge in [-0.05, 0) is 25.7 Å². The van der Waals surface area contributed by atoms with Gasteiger partial charge in [-0.25, -0.2) is 0 Å². The van der Waals surface area contributed by atoms with Gasteiger partial charge in [0.2, 0.25) is 0 Å². The summed E-state index contributed by atoms with van der Waals surface area (Å²) in [5.41, 5.74) is 1.15. The molecule has 1 aromatic rings. The summed E-state index contributed by atoms with van der Waals surface area (Å²) >= 11 is 0. The van der Waals surface area contributed by atoms with E-state index in [0.29, 0.717) is 6.10 Å². The minimum Gasteiger partial charge on any atom is -1.00 e. The average Bonchev–Trinajstić information content (AvgIpc) is 2.57. The van der Waals surface area contributed by atoms with Gasteiger partial charge in [-0.3, -0.25) is 0 Å². The smallest absolute Gasteiger partial charge is 1.00 e. The van der Waals surface area contributed by atoms with E-state index in [4.69, 9.17) is 4.74 Å². The summed E-state index contributed by atoms with van der Waals surface area (Å²) < 4.78 is 5.84. The zero-order chi connectivity index (χ0) is 9.10. The molecule has 1 saturated carbocycles. The Morgan fingerprint density at radius 3 is 2.60 bits per heavy atom. The van der Waals surface area contributed by atoms with Crippen molar-refractivity contribution in [3.8, 4) is 5.75 Å². The number of benzene rings is 1. The van der Waals surface area contributed by atoms with Crippen molar-refractivity contribution >= 4 is 23.1 Å². The molecule has 78 valence electrons. The van der Waals surface area contributed by atoms with Crippen LogP contribution < -0.4 is 21.7 Å². The summed E-state index contributed by atoms with van der Waals surface area (Å²) in [4.78, 5) is 0. The van der Waals surface area contributed by atoms with E-state index in [0.717, 1.165) is 11.3 Å². The molecule has 0 N–H and O–H groups in total. The van der Waals surface area contributed by atoms with Crippen LogP contribution in [-0.2, 0) is 0 Å². The molecule has 0 atom stereocenters. The van der Waals surface area contributed by atoms with E-state index >= 15 is 0 Å². The van der Waals surface area contributed by atoms with Crippen LogP contribution >= 0.6 is 0 Å². The number of hydrogen-bond donors (Lipinski definition) is 0. The van der Waals surface area contributed by atoms with Crippen molar-refractivity contribution in [2.45, 2.75) is 38.7 Å². The average molecular weight is 279 g/mol. The van der Waals surface area contributed by atoms with E-state index in [9.17, 15) is 0 Å². The van der Waals surface area contributed by atoms with Crippen molar-refractivity contribution in [2.75, 3.05) is 0 Å². The van der Waals surface area contributed by atoms with Crippen LogP contribution in [0.2, 0.25) is 0 Å². The molecule has 0 bridgehead atoms. The monoisotopic (exact) mass is 278 g/mol. The molecular formula is C12H15BrMgO. The number of rotatable bonds is 2. The van der Waals surface area contributed by atoms with Gasteiger partial charge in [0, 0.05) is 5.75 Å². The second-order valence-corrected chi connectivity index (χ2v) is 3.73. The topological polar surface area (TPSA) is 9.23 Å². The molecule has 1 nitrogen and oxygen atoms in total. The van der Waals surface area contributed by atoms with Crippen LogP contribution in [0.25, 0.3) is 0 Å². The predicted octanol–water partition coefficient (Wildman–Crippen LogP) is -0.260. The van der Waals surface area contributed by atoms with Gasteiger partial charge in [0.25, 0.3) is 0 Å². The van der Waals surface area contributed by atoms with Crippen molar-refractivity contribution in [3.05, 3.63) is 29.8 Å². The Bertz CT molecular complexity index is 285. The molecule has 15 heavy (non-hydrogen) atoms. The molecule has 3 heteroatoms. The predicted molar refractivity (Wildman–Crippen MR) is 58.7 cm³/mol. The van der Waals surface area contributed by atoms with E-state index in [1.54, 1.807) is 0 Å². The quantitative estimate of drug-likeness (QED) is 0.535. The van der Waals surface area contributed by atoms with Crippen molar-refractivity contribution in [2.24, 2.45) is 0 Å². The van der Waals surface area contributed by atoms with Crippen LogP contribution in [-0.4, -0.2) is 29.2 Å². The standard InChI is InChI=1S/C12H15O.BrH.Mg/c1-10-5-4-8-12(9-10)13-11-6-2-3-7-11;;/h4,8-9,11H,2-3,6-7H2,1H3;1H;/q-1;;+2/p-1. The zero-order valence-corrected chi connectivity index (χ0v) is 12.1. The third kappa shape index (κ3) is 4.75. The van der Waals surface area contributed by atoms with Gasteiger partial charge in [-0.15, -0.1) is 12.1 Å². The van der Waals surface area contributed by atoms with E-state index < -0.39 is 0 Å². The fourth-order valence-electron chi connectivity index (χ4n) is 1.83. The fraction of sp³-hybridized carbons (Fsp3) is 0.500. The molecule has 1 aliphatic carbocycles. The molecule has 0 unspecified atom stereocenters. The largest absolute Gasteiger partial charge is 2.00 e. The van der Waals surface area contributed by atoms with E-state index in [-0.39, 0.29) is 40.0 Å². The molecule has 0 heterocycles. The number of halogens is 1. The minimum absolute atomic E-state index is 0. The first-order valence-electron chi connectivity index (χ1n) is 4.99. The SMILES string of the molecule is Cc1[c-]ccc(OC2CCCC2)c1.[Br-].[Mg+2]. The van der Waals surface area contributed by atoms with Crippen LogP contribution in [0.1, 0.15) is 31.2 Å². The third-order valence-electron chi connectivity index (χ3n) is 2.52. The van der Waals surface area contributed by atoms with Crippen molar-refractivity contribution < 1.29 is 21.7 Å². The Balaban J connectivity index is 0.000000980. The van der Waals surface area contributed by atoms with Crippen LogP contribution in [0.15, 0.2) is 18.2 Å². The maximum absolute atomic E-state index is 5.84. The first-order chi connectivity index (χ1) is 6.34. The maximum atomic E-state index is 5.84. The summed E-state index contributed by atoms with van der Waals surface area (Å²) in [6, 6.07) is 9.09. The molecule has 2 rings (SSSR count). The van der Waals surface area contributed by atoms with Gasteiger partial charge in [0.05, 0.1) is 6.10 Å². The molecule has 0 aromatic heterocycles. The van der Waals surface area contributed by atoms with Gasteiger partial charge < -0.3 is 21.7 Å². The van der Waals surface area contributed by atoms with Crippen LogP contribution in [0.3, 0.4) is 0 Å². The Hall–Kier alpha value is 0.266. The van der Waals surface area contributed by atoms with Crippen LogP contribution in [0.4, 0.5) is 0 Å². The summed E-state index contributed by atoms with van der Waals surface area (Å²) in [7, 11) is 0. The first kappa shape index (κ1) is 15.3. The van der Waals surface area contributed by atoms with E-state index in [2.05, 4.69) is 12.1 Å². The van der Waals surface area contributed by atoms with Crippen LogP contribution in [0.5, 0.6) is 5.75 Å². The molecule has 0 spiro atoms. The number of aryl methyl sites for hydroxylation is 1. The Morgan fingerprint density at radius 2 is 2.00 bits per heavy atom. The van der Waals surface area contributed by atoms with Crippen molar-refractivity contribution in [1.29, 1.82) is 0 Å². The third-order valence-corrected chi connectivity index (χ3v) is 2.52. The second-order valence-electron chi connectivity index (χ2n) is 3.73. The molecule has 1 fully saturated rings. The Labute approximate surface area is 119 Å². The van der Waals surface area contributed by atoms with Crippen molar-refractivity contribution in [1.82, 2.24) is 0 Å². The molecule has 0 radical (unpaired) electrons. The Morgan fingerprint density at radius 1 is 1.33 bits per heavy atom. The molecule has 1 aliphatic rings. The summed E-state index contributed by atoms with van der Waals surface area (Å²) in [5.74, 6) is 1.00. The van der Waals surface area contributed by atoms with Gasteiger partial charge in [-0.2, -0.15) is 17.7 Å². The number of ether oxygens (including phenoxy) is 1. The Kier molecular flexibility index (Phi) is 7.66. The minimum atomic E-state index is 0. The van der Waals surface area contributed by atoms with E-state index in [1.807, 2.05) is 19.1 Å². The van der Waals surface area contributed by atoms with Gasteiger partial charge in [-0.1, -0.05) is 6.92 Å². The zero-order valence-electron chi connectivity index (χ0n) is 9.13. The van der Waals surface area contributed by atoms with Gasteiger partial charge in [0.1, 0.15) is 0 Å². The van der Waals surface area contributed by atoms with E-state index in [1.165, 1.54) is 25.7 Å². The van der Waals surface area contributed by atoms with Crippen LogP contribution in [0, 0.1) is 13.0 Å². The first-order valence-corrected chi connectivity index (χ1v) is 4.99. The second kappa shape index (κ2) is 7.53. The van der Waals surface area contributed by atoms with Gasteiger partial charge in [0.15, 0.2) is 0 Å². The van der Waals surface area contributed by atoms with Gasteiger partial charge >= 0.3 is 23.1 Å². The number of hydrogen-bond acceptors (Lipinski definition) is 1. The molecular weight excluding hydrogens is 264 g/mol. The summed E-state index contributed by atoms with van der Waals surface area (Å²) in [5, 5.41) is 0. The summed E-state index contributed by atoms with van der Waals surface area (Å²) in [6.45, 7) is 2.04. The molecule has 1 aromatic carbocycles. The van der Waals surface area contributed by atoms with Crippen molar-refractivity contribution in [3.63, 3.8) is 0 Å². The normalized spacial score (nSPS) is 15.3. The molecule has 0 amide bonds.